The van der Waals surface area contributed by atoms with E-state index in [1.807, 2.05) is 24.3 Å². The van der Waals surface area contributed by atoms with E-state index in [1.54, 1.807) is 42.5 Å². The average Bonchev–Trinajstić information content (AvgIpc) is 2.69. The Kier molecular flexibility index (Phi) is 6.41. The van der Waals surface area contributed by atoms with Crippen LogP contribution in [0.5, 0.6) is 5.75 Å². The topological polar surface area (TPSA) is 67.4 Å². The van der Waals surface area contributed by atoms with Crippen LogP contribution < -0.4 is 15.4 Å². The van der Waals surface area contributed by atoms with Gasteiger partial charge in [-0.1, -0.05) is 42.5 Å². The van der Waals surface area contributed by atoms with Gasteiger partial charge >= 0.3 is 0 Å². The number of hydrogen-bond acceptors (Lipinski definition) is 3. The molecular formula is C23H22N2O3. The summed E-state index contributed by atoms with van der Waals surface area (Å²) in [6, 6.07) is 24.2. The van der Waals surface area contributed by atoms with Crippen LogP contribution in [0.15, 0.2) is 78.9 Å². The molecule has 0 saturated heterocycles. The summed E-state index contributed by atoms with van der Waals surface area (Å²) in [5.74, 6) is 0.243. The number of anilines is 2. The highest BCUT2D eigenvalue weighted by molar-refractivity contribution is 6.04. The minimum Gasteiger partial charge on any atom is -0.493 e. The highest BCUT2D eigenvalue weighted by Crippen LogP contribution is 2.18. The minimum absolute atomic E-state index is 0.163. The van der Waals surface area contributed by atoms with Crippen LogP contribution in [0.2, 0.25) is 0 Å². The van der Waals surface area contributed by atoms with Crippen molar-refractivity contribution in [2.75, 3.05) is 17.2 Å². The quantitative estimate of drug-likeness (QED) is 0.639. The molecule has 2 N–H and O–H groups in total. The third-order valence-corrected chi connectivity index (χ3v) is 4.04. The van der Waals surface area contributed by atoms with E-state index in [0.29, 0.717) is 29.3 Å². The van der Waals surface area contributed by atoms with Crippen LogP contribution in [0.4, 0.5) is 11.4 Å². The van der Waals surface area contributed by atoms with Gasteiger partial charge in [0, 0.05) is 30.3 Å². The van der Waals surface area contributed by atoms with E-state index in [-0.39, 0.29) is 11.8 Å². The number of benzene rings is 3. The molecule has 142 valence electrons. The van der Waals surface area contributed by atoms with Gasteiger partial charge < -0.3 is 15.4 Å². The smallest absolute Gasteiger partial charge is 0.255 e. The van der Waals surface area contributed by atoms with Crippen LogP contribution in [-0.4, -0.2) is 18.4 Å². The summed E-state index contributed by atoms with van der Waals surface area (Å²) in [6.07, 6.45) is 0.799. The Balaban J connectivity index is 1.60. The average molecular weight is 374 g/mol. The molecule has 5 nitrogen and oxygen atoms in total. The van der Waals surface area contributed by atoms with Gasteiger partial charge in [0.1, 0.15) is 5.75 Å². The van der Waals surface area contributed by atoms with Gasteiger partial charge in [0.15, 0.2) is 0 Å². The first-order valence-electron chi connectivity index (χ1n) is 9.06. The van der Waals surface area contributed by atoms with Crippen molar-refractivity contribution >= 4 is 23.2 Å². The fourth-order valence-corrected chi connectivity index (χ4v) is 2.74. The minimum atomic E-state index is -0.242. The molecule has 0 unspecified atom stereocenters. The van der Waals surface area contributed by atoms with Crippen molar-refractivity contribution < 1.29 is 14.3 Å². The molecule has 2 amide bonds. The van der Waals surface area contributed by atoms with Gasteiger partial charge in [0.05, 0.1) is 6.61 Å². The van der Waals surface area contributed by atoms with Gasteiger partial charge in [-0.3, -0.25) is 9.59 Å². The van der Waals surface area contributed by atoms with Crippen molar-refractivity contribution in [1.82, 2.24) is 0 Å². The first-order valence-corrected chi connectivity index (χ1v) is 9.06. The summed E-state index contributed by atoms with van der Waals surface area (Å²) in [5.41, 5.74) is 2.94. The van der Waals surface area contributed by atoms with Gasteiger partial charge in [-0.25, -0.2) is 0 Å². The highest BCUT2D eigenvalue weighted by atomic mass is 16.5. The number of carbonyl (C=O) groups is 2. The standard InChI is InChI=1S/C23H22N2O3/c1-17(26)24-20-10-6-11-21(16-20)25-23(27)19-9-5-12-22(15-19)28-14-13-18-7-3-2-4-8-18/h2-12,15-16H,13-14H2,1H3,(H,24,26)(H,25,27). The molecular weight excluding hydrogens is 352 g/mol. The van der Waals surface area contributed by atoms with Crippen molar-refractivity contribution in [3.63, 3.8) is 0 Å². The van der Waals surface area contributed by atoms with E-state index < -0.39 is 0 Å². The van der Waals surface area contributed by atoms with Gasteiger partial charge in [0.25, 0.3) is 5.91 Å². The molecule has 0 aliphatic carbocycles. The number of carbonyl (C=O) groups excluding carboxylic acids is 2. The van der Waals surface area contributed by atoms with Crippen LogP contribution in [0.1, 0.15) is 22.8 Å². The predicted molar refractivity (Wildman–Crippen MR) is 111 cm³/mol. The van der Waals surface area contributed by atoms with E-state index in [2.05, 4.69) is 22.8 Å². The zero-order valence-electron chi connectivity index (χ0n) is 15.6. The Morgan fingerprint density at radius 1 is 0.821 bits per heavy atom. The Morgan fingerprint density at radius 3 is 2.29 bits per heavy atom. The molecule has 3 aromatic rings. The van der Waals surface area contributed by atoms with E-state index in [9.17, 15) is 9.59 Å². The lowest BCUT2D eigenvalue weighted by molar-refractivity contribution is -0.114. The summed E-state index contributed by atoms with van der Waals surface area (Å²) in [7, 11) is 0. The molecule has 28 heavy (non-hydrogen) atoms. The highest BCUT2D eigenvalue weighted by Gasteiger charge is 2.08. The molecule has 0 aromatic heterocycles. The van der Waals surface area contributed by atoms with Gasteiger partial charge in [0.2, 0.25) is 5.91 Å². The molecule has 3 aromatic carbocycles. The van der Waals surface area contributed by atoms with Gasteiger partial charge in [-0.2, -0.15) is 0 Å². The predicted octanol–water partition coefficient (Wildman–Crippen LogP) is 4.52. The lowest BCUT2D eigenvalue weighted by atomic mass is 10.1. The van der Waals surface area contributed by atoms with E-state index in [0.717, 1.165) is 6.42 Å². The molecule has 0 radical (unpaired) electrons. The van der Waals surface area contributed by atoms with Crippen LogP contribution >= 0.6 is 0 Å². The molecule has 0 saturated carbocycles. The molecule has 0 aliphatic heterocycles. The number of nitrogens with one attached hydrogen (secondary N) is 2. The molecule has 0 heterocycles. The fraction of sp³-hybridized carbons (Fsp3) is 0.130. The monoisotopic (exact) mass is 374 g/mol. The summed E-state index contributed by atoms with van der Waals surface area (Å²) in [5, 5.41) is 5.53. The third-order valence-electron chi connectivity index (χ3n) is 4.04. The molecule has 5 heteroatoms. The first kappa shape index (κ1) is 19.2. The molecule has 0 bridgehead atoms. The molecule has 0 aliphatic rings. The first-order chi connectivity index (χ1) is 13.6. The second-order valence-corrected chi connectivity index (χ2v) is 6.33. The van der Waals surface area contributed by atoms with Crippen molar-refractivity contribution in [3.05, 3.63) is 90.0 Å². The second kappa shape index (κ2) is 9.37. The molecule has 3 rings (SSSR count). The number of amides is 2. The van der Waals surface area contributed by atoms with Gasteiger partial charge in [-0.05, 0) is 42.0 Å². The molecule has 0 spiro atoms. The van der Waals surface area contributed by atoms with Crippen LogP contribution in [0, 0.1) is 0 Å². The fourth-order valence-electron chi connectivity index (χ4n) is 2.74. The lowest BCUT2D eigenvalue weighted by Crippen LogP contribution is -2.13. The Hall–Kier alpha value is -3.60. The van der Waals surface area contributed by atoms with Crippen molar-refractivity contribution in [2.24, 2.45) is 0 Å². The number of rotatable bonds is 7. The van der Waals surface area contributed by atoms with E-state index >= 15 is 0 Å². The molecule has 0 atom stereocenters. The second-order valence-electron chi connectivity index (χ2n) is 6.33. The Morgan fingerprint density at radius 2 is 1.54 bits per heavy atom. The van der Waals surface area contributed by atoms with E-state index in [4.69, 9.17) is 4.74 Å². The van der Waals surface area contributed by atoms with Crippen LogP contribution in [-0.2, 0) is 11.2 Å². The number of hydrogen-bond donors (Lipinski definition) is 2. The zero-order chi connectivity index (χ0) is 19.8. The third kappa shape index (κ3) is 5.71. The summed E-state index contributed by atoms with van der Waals surface area (Å²) >= 11 is 0. The van der Waals surface area contributed by atoms with Gasteiger partial charge in [-0.15, -0.1) is 0 Å². The van der Waals surface area contributed by atoms with Crippen LogP contribution in [0.25, 0.3) is 0 Å². The summed E-state index contributed by atoms with van der Waals surface area (Å²) in [4.78, 5) is 23.7. The maximum Gasteiger partial charge on any atom is 0.255 e. The van der Waals surface area contributed by atoms with Crippen molar-refractivity contribution in [3.8, 4) is 5.75 Å². The Labute approximate surface area is 164 Å². The van der Waals surface area contributed by atoms with Crippen molar-refractivity contribution in [2.45, 2.75) is 13.3 Å². The largest absolute Gasteiger partial charge is 0.493 e. The normalized spacial score (nSPS) is 10.2. The lowest BCUT2D eigenvalue weighted by Gasteiger charge is -2.10. The zero-order valence-corrected chi connectivity index (χ0v) is 15.6. The summed E-state index contributed by atoms with van der Waals surface area (Å²) < 4.78 is 5.79. The number of ether oxygens (including phenoxy) is 1. The van der Waals surface area contributed by atoms with Crippen molar-refractivity contribution in [1.29, 1.82) is 0 Å². The molecule has 0 fully saturated rings. The summed E-state index contributed by atoms with van der Waals surface area (Å²) in [6.45, 7) is 1.97. The Bertz CT molecular complexity index is 955. The van der Waals surface area contributed by atoms with E-state index in [1.165, 1.54) is 12.5 Å². The van der Waals surface area contributed by atoms with Crippen LogP contribution in [0.3, 0.4) is 0 Å². The maximum atomic E-state index is 12.5. The maximum absolute atomic E-state index is 12.5. The SMILES string of the molecule is CC(=O)Nc1cccc(NC(=O)c2cccc(OCCc3ccccc3)c2)c1.